The molecule has 19 heavy (non-hydrogen) atoms. The number of hydrogen-bond donors (Lipinski definition) is 1. The molecule has 106 valence electrons. The summed E-state index contributed by atoms with van der Waals surface area (Å²) < 4.78 is 9.91. The number of ether oxygens (including phenoxy) is 2. The van der Waals surface area contributed by atoms with Crippen LogP contribution in [-0.4, -0.2) is 62.4 Å². The first-order chi connectivity index (χ1) is 9.20. The lowest BCUT2D eigenvalue weighted by molar-refractivity contribution is 0.0398. The van der Waals surface area contributed by atoms with Crippen LogP contribution in [0.2, 0.25) is 5.15 Å². The van der Waals surface area contributed by atoms with Crippen LogP contribution < -0.4 is 5.32 Å². The molecule has 1 aromatic rings. The fourth-order valence-electron chi connectivity index (χ4n) is 1.74. The highest BCUT2D eigenvalue weighted by Crippen LogP contribution is 2.27. The fraction of sp³-hybridized carbons (Fsp3) is 0.636. The average molecular weight is 306 g/mol. The molecule has 8 heteroatoms. The number of anilines is 1. The smallest absolute Gasteiger partial charge is 0.351 e. The molecule has 1 saturated heterocycles. The predicted molar refractivity (Wildman–Crippen MR) is 74.2 cm³/mol. The predicted octanol–water partition coefficient (Wildman–Crippen LogP) is 1.33. The molecule has 0 aromatic carbocycles. The van der Waals surface area contributed by atoms with Gasteiger partial charge in [0.15, 0.2) is 15.2 Å². The van der Waals surface area contributed by atoms with E-state index < -0.39 is 5.97 Å². The molecule has 0 amide bonds. The number of nitrogens with one attached hydrogen (secondary N) is 1. The number of nitrogens with zero attached hydrogens (tertiary/aromatic N) is 2. The van der Waals surface area contributed by atoms with Gasteiger partial charge in [0.1, 0.15) is 0 Å². The highest BCUT2D eigenvalue weighted by atomic mass is 35.5. The largest absolute Gasteiger partial charge is 0.465 e. The Hall–Kier alpha value is -0.890. The van der Waals surface area contributed by atoms with E-state index >= 15 is 0 Å². The SMILES string of the molecule is COC(=O)c1sc(NCCN2CCOCC2)nc1Cl. The minimum absolute atomic E-state index is 0.186. The van der Waals surface area contributed by atoms with Gasteiger partial charge in [0.2, 0.25) is 0 Å². The molecule has 1 aromatic heterocycles. The Balaban J connectivity index is 1.81. The Morgan fingerprint density at radius 3 is 3.00 bits per heavy atom. The second-order valence-electron chi connectivity index (χ2n) is 4.01. The van der Waals surface area contributed by atoms with E-state index in [1.54, 1.807) is 0 Å². The molecule has 1 aliphatic rings. The van der Waals surface area contributed by atoms with Gasteiger partial charge in [-0.3, -0.25) is 4.90 Å². The minimum atomic E-state index is -0.455. The lowest BCUT2D eigenvalue weighted by Gasteiger charge is -2.26. The van der Waals surface area contributed by atoms with Crippen LogP contribution in [0.5, 0.6) is 0 Å². The van der Waals surface area contributed by atoms with Crippen molar-refractivity contribution < 1.29 is 14.3 Å². The van der Waals surface area contributed by atoms with Gasteiger partial charge in [-0.1, -0.05) is 22.9 Å². The van der Waals surface area contributed by atoms with Crippen molar-refractivity contribution in [1.29, 1.82) is 0 Å². The molecular weight excluding hydrogens is 290 g/mol. The van der Waals surface area contributed by atoms with Crippen molar-refractivity contribution in [3.05, 3.63) is 10.0 Å². The third kappa shape index (κ3) is 4.04. The second-order valence-corrected chi connectivity index (χ2v) is 5.37. The first kappa shape index (κ1) is 14.5. The minimum Gasteiger partial charge on any atom is -0.465 e. The number of esters is 1. The van der Waals surface area contributed by atoms with E-state index in [0.29, 0.717) is 10.0 Å². The highest BCUT2D eigenvalue weighted by Gasteiger charge is 2.17. The number of carbonyl (C=O) groups is 1. The van der Waals surface area contributed by atoms with Crippen LogP contribution >= 0.6 is 22.9 Å². The summed E-state index contributed by atoms with van der Waals surface area (Å²) in [5.74, 6) is -0.455. The summed E-state index contributed by atoms with van der Waals surface area (Å²) >= 11 is 7.08. The fourth-order valence-corrected chi connectivity index (χ4v) is 2.87. The maximum absolute atomic E-state index is 11.4. The molecule has 0 bridgehead atoms. The van der Waals surface area contributed by atoms with Crippen molar-refractivity contribution >= 4 is 34.0 Å². The van der Waals surface area contributed by atoms with E-state index in [1.807, 2.05) is 0 Å². The zero-order valence-corrected chi connectivity index (χ0v) is 12.2. The first-order valence-electron chi connectivity index (χ1n) is 5.99. The van der Waals surface area contributed by atoms with Gasteiger partial charge >= 0.3 is 5.97 Å². The zero-order chi connectivity index (χ0) is 13.7. The normalized spacial score (nSPS) is 16.3. The van der Waals surface area contributed by atoms with Crippen LogP contribution in [0.4, 0.5) is 5.13 Å². The Kier molecular flexibility index (Phi) is 5.38. The maximum atomic E-state index is 11.4. The molecule has 0 aliphatic carbocycles. The van der Waals surface area contributed by atoms with E-state index in [0.717, 1.165) is 39.4 Å². The quantitative estimate of drug-likeness (QED) is 0.828. The lowest BCUT2D eigenvalue weighted by atomic mass is 10.4. The summed E-state index contributed by atoms with van der Waals surface area (Å²) in [6.45, 7) is 5.14. The summed E-state index contributed by atoms with van der Waals surface area (Å²) in [6.07, 6.45) is 0. The number of methoxy groups -OCH3 is 1. The molecule has 1 fully saturated rings. The molecule has 2 rings (SSSR count). The van der Waals surface area contributed by atoms with Crippen molar-refractivity contribution in [3.63, 3.8) is 0 Å². The van der Waals surface area contributed by atoms with Gasteiger partial charge in [-0.25, -0.2) is 9.78 Å². The van der Waals surface area contributed by atoms with E-state index in [1.165, 1.54) is 18.4 Å². The molecule has 1 N–H and O–H groups in total. The number of rotatable bonds is 5. The van der Waals surface area contributed by atoms with E-state index in [-0.39, 0.29) is 5.15 Å². The first-order valence-corrected chi connectivity index (χ1v) is 7.18. The molecule has 2 heterocycles. The van der Waals surface area contributed by atoms with E-state index in [9.17, 15) is 4.79 Å². The van der Waals surface area contributed by atoms with Crippen molar-refractivity contribution in [2.45, 2.75) is 0 Å². The standard InChI is InChI=1S/C11H16ClN3O3S/c1-17-10(16)8-9(12)14-11(19-8)13-2-3-15-4-6-18-7-5-15/h2-7H2,1H3,(H,13,14). The topological polar surface area (TPSA) is 63.7 Å². The Morgan fingerprint density at radius 1 is 1.58 bits per heavy atom. The third-order valence-corrected chi connectivity index (χ3v) is 4.14. The second kappa shape index (κ2) is 7.04. The average Bonchev–Trinajstić information content (AvgIpc) is 2.80. The summed E-state index contributed by atoms with van der Waals surface area (Å²) in [5.41, 5.74) is 0. The maximum Gasteiger partial charge on any atom is 0.351 e. The molecule has 0 unspecified atom stereocenters. The van der Waals surface area contributed by atoms with Crippen LogP contribution in [0, 0.1) is 0 Å². The number of aromatic nitrogens is 1. The Bertz CT molecular complexity index is 435. The van der Waals surface area contributed by atoms with Gasteiger partial charge in [0, 0.05) is 26.2 Å². The molecule has 0 atom stereocenters. The Morgan fingerprint density at radius 2 is 2.32 bits per heavy atom. The number of thiazole rings is 1. The van der Waals surface area contributed by atoms with Gasteiger partial charge < -0.3 is 14.8 Å². The third-order valence-electron chi connectivity index (χ3n) is 2.76. The summed E-state index contributed by atoms with van der Waals surface area (Å²) in [7, 11) is 1.32. The number of carbonyl (C=O) groups excluding carboxylic acids is 1. The van der Waals surface area contributed by atoms with Gasteiger partial charge in [0.25, 0.3) is 0 Å². The molecular formula is C11H16ClN3O3S. The number of halogens is 1. The molecule has 0 saturated carbocycles. The zero-order valence-electron chi connectivity index (χ0n) is 10.6. The van der Waals surface area contributed by atoms with Crippen LogP contribution in [0.1, 0.15) is 9.67 Å². The van der Waals surface area contributed by atoms with Crippen LogP contribution in [0.25, 0.3) is 0 Å². The number of morpholine rings is 1. The van der Waals surface area contributed by atoms with Crippen LogP contribution in [-0.2, 0) is 9.47 Å². The van der Waals surface area contributed by atoms with Crippen molar-refractivity contribution in [1.82, 2.24) is 9.88 Å². The molecule has 0 spiro atoms. The molecule has 0 radical (unpaired) electrons. The van der Waals surface area contributed by atoms with Crippen LogP contribution in [0.3, 0.4) is 0 Å². The van der Waals surface area contributed by atoms with Gasteiger partial charge in [-0.05, 0) is 0 Å². The Labute approximate surface area is 120 Å². The van der Waals surface area contributed by atoms with E-state index in [2.05, 4.69) is 19.9 Å². The van der Waals surface area contributed by atoms with Crippen LogP contribution in [0.15, 0.2) is 0 Å². The van der Waals surface area contributed by atoms with Crippen molar-refractivity contribution in [2.24, 2.45) is 0 Å². The van der Waals surface area contributed by atoms with Gasteiger partial charge in [-0.15, -0.1) is 0 Å². The molecule has 1 aliphatic heterocycles. The number of hydrogen-bond acceptors (Lipinski definition) is 7. The summed E-state index contributed by atoms with van der Waals surface area (Å²) in [5, 5.41) is 3.99. The lowest BCUT2D eigenvalue weighted by Crippen LogP contribution is -2.38. The summed E-state index contributed by atoms with van der Waals surface area (Å²) in [4.78, 5) is 18.1. The van der Waals surface area contributed by atoms with Gasteiger partial charge in [0.05, 0.1) is 20.3 Å². The molecule has 6 nitrogen and oxygen atoms in total. The van der Waals surface area contributed by atoms with Crippen molar-refractivity contribution in [2.75, 3.05) is 51.8 Å². The monoisotopic (exact) mass is 305 g/mol. The van der Waals surface area contributed by atoms with Crippen molar-refractivity contribution in [3.8, 4) is 0 Å². The summed E-state index contributed by atoms with van der Waals surface area (Å²) in [6, 6.07) is 0. The highest BCUT2D eigenvalue weighted by molar-refractivity contribution is 7.18. The van der Waals surface area contributed by atoms with E-state index in [4.69, 9.17) is 16.3 Å². The van der Waals surface area contributed by atoms with Gasteiger partial charge in [-0.2, -0.15) is 0 Å².